The Morgan fingerprint density at radius 2 is 2.31 bits per heavy atom. The highest BCUT2D eigenvalue weighted by Crippen LogP contribution is 2.34. The van der Waals surface area contributed by atoms with Gasteiger partial charge in [-0.25, -0.2) is 13.8 Å². The molecule has 0 saturated carbocycles. The van der Waals surface area contributed by atoms with Crippen molar-refractivity contribution in [2.24, 2.45) is 0 Å². The molecule has 1 fully saturated rings. The number of piperidine rings is 1. The average Bonchev–Trinajstić information content (AvgIpc) is 3.31. The predicted molar refractivity (Wildman–Crippen MR) is 88.0 cm³/mol. The fourth-order valence-electron chi connectivity index (χ4n) is 3.48. The Morgan fingerprint density at radius 1 is 1.46 bits per heavy atom. The molecule has 1 aliphatic rings. The maximum absolute atomic E-state index is 13.5. The van der Waals surface area contributed by atoms with E-state index < -0.39 is 6.43 Å². The molecule has 0 radical (unpaired) electrons. The van der Waals surface area contributed by atoms with E-state index in [-0.39, 0.29) is 28.5 Å². The summed E-state index contributed by atoms with van der Waals surface area (Å²) in [5.41, 5.74) is 1.31. The smallest absolute Gasteiger partial charge is 0.271 e. The lowest BCUT2D eigenvalue weighted by Crippen LogP contribution is -2.39. The number of hydrogen-bond acceptors (Lipinski definition) is 5. The van der Waals surface area contributed by atoms with Crippen LogP contribution in [0.25, 0.3) is 11.1 Å². The molecule has 0 bridgehead atoms. The van der Waals surface area contributed by atoms with E-state index in [1.54, 1.807) is 17.9 Å². The number of rotatable bonds is 3. The van der Waals surface area contributed by atoms with Gasteiger partial charge in [0, 0.05) is 36.5 Å². The van der Waals surface area contributed by atoms with E-state index in [0.29, 0.717) is 30.2 Å². The number of pyridine rings is 1. The summed E-state index contributed by atoms with van der Waals surface area (Å²) >= 11 is 0. The quantitative estimate of drug-likeness (QED) is 0.774. The van der Waals surface area contributed by atoms with E-state index in [9.17, 15) is 13.6 Å². The van der Waals surface area contributed by atoms with Crippen LogP contribution in [-0.4, -0.2) is 44.2 Å². The van der Waals surface area contributed by atoms with Gasteiger partial charge in [-0.05, 0) is 31.9 Å². The molecule has 4 rings (SSSR count). The number of amides is 1. The summed E-state index contributed by atoms with van der Waals surface area (Å²) in [5, 5.41) is 10.5. The van der Waals surface area contributed by atoms with Gasteiger partial charge in [0.05, 0.1) is 11.1 Å². The molecule has 1 saturated heterocycles. The summed E-state index contributed by atoms with van der Waals surface area (Å²) in [6.07, 6.45) is 0.402. The lowest BCUT2D eigenvalue weighted by atomic mass is 9.92. The van der Waals surface area contributed by atoms with Gasteiger partial charge in [-0.15, -0.1) is 0 Å². The summed E-state index contributed by atoms with van der Waals surface area (Å²) in [6.45, 7) is 2.64. The van der Waals surface area contributed by atoms with Crippen LogP contribution in [-0.2, 0) is 0 Å². The van der Waals surface area contributed by atoms with Crippen LogP contribution >= 0.6 is 0 Å². The number of fused-ring (bicyclic) bond motifs is 1. The maximum Gasteiger partial charge on any atom is 0.271 e. The average molecular weight is 361 g/mol. The van der Waals surface area contributed by atoms with Crippen LogP contribution in [0.5, 0.6) is 0 Å². The largest absolute Gasteiger partial charge is 0.337 e. The van der Waals surface area contributed by atoms with Crippen LogP contribution in [0.4, 0.5) is 8.78 Å². The lowest BCUT2D eigenvalue weighted by molar-refractivity contribution is 0.0699. The van der Waals surface area contributed by atoms with Gasteiger partial charge in [-0.1, -0.05) is 5.16 Å². The van der Waals surface area contributed by atoms with Crippen molar-refractivity contribution >= 4 is 17.0 Å². The molecule has 4 heterocycles. The first-order valence-electron chi connectivity index (χ1n) is 8.38. The van der Waals surface area contributed by atoms with E-state index in [1.165, 1.54) is 12.3 Å². The van der Waals surface area contributed by atoms with Gasteiger partial charge >= 0.3 is 0 Å². The summed E-state index contributed by atoms with van der Waals surface area (Å²) in [4.78, 5) is 18.6. The minimum absolute atomic E-state index is 0.118. The lowest BCUT2D eigenvalue weighted by Gasteiger charge is -2.32. The van der Waals surface area contributed by atoms with Gasteiger partial charge in [0.1, 0.15) is 5.69 Å². The number of alkyl halides is 2. The summed E-state index contributed by atoms with van der Waals surface area (Å²) < 4.78 is 32.2. The molecule has 0 aromatic carbocycles. The molecule has 1 N–H and O–H groups in total. The van der Waals surface area contributed by atoms with Crippen molar-refractivity contribution in [3.05, 3.63) is 41.0 Å². The zero-order chi connectivity index (χ0) is 18.3. The maximum atomic E-state index is 13.5. The zero-order valence-electron chi connectivity index (χ0n) is 14.1. The first-order chi connectivity index (χ1) is 12.5. The standard InChI is InChI=1S/C17H17F2N5O2/c1-9-14-11(15(18)19)7-13(21-16(14)26-23-9)10-3-2-6-24(8-10)17(25)12-4-5-20-22-12/h4-5,7,10,15H,2-3,6,8H2,1H3,(H,20,22)/t10-/m1/s1. The number of aromatic nitrogens is 4. The first-order valence-corrected chi connectivity index (χ1v) is 8.38. The highest BCUT2D eigenvalue weighted by molar-refractivity contribution is 5.92. The van der Waals surface area contributed by atoms with E-state index in [4.69, 9.17) is 4.52 Å². The van der Waals surface area contributed by atoms with E-state index in [1.807, 2.05) is 0 Å². The monoisotopic (exact) mass is 361 g/mol. The third-order valence-corrected chi connectivity index (χ3v) is 4.76. The number of nitrogens with one attached hydrogen (secondary N) is 1. The number of aryl methyl sites for hydroxylation is 1. The van der Waals surface area contributed by atoms with Crippen LogP contribution < -0.4 is 0 Å². The van der Waals surface area contributed by atoms with E-state index >= 15 is 0 Å². The molecule has 1 atom stereocenters. The first kappa shape index (κ1) is 16.6. The molecule has 1 amide bonds. The van der Waals surface area contributed by atoms with Crippen molar-refractivity contribution in [3.63, 3.8) is 0 Å². The van der Waals surface area contributed by atoms with Crippen molar-refractivity contribution in [1.29, 1.82) is 0 Å². The second-order valence-electron chi connectivity index (χ2n) is 6.45. The van der Waals surface area contributed by atoms with Gasteiger partial charge in [0.25, 0.3) is 18.0 Å². The Labute approximate surface area is 147 Å². The van der Waals surface area contributed by atoms with Gasteiger partial charge in [0.15, 0.2) is 0 Å². The number of nitrogens with zero attached hydrogens (tertiary/aromatic N) is 4. The van der Waals surface area contributed by atoms with E-state index in [0.717, 1.165) is 12.8 Å². The fraction of sp³-hybridized carbons (Fsp3) is 0.412. The second kappa shape index (κ2) is 6.47. The van der Waals surface area contributed by atoms with E-state index in [2.05, 4.69) is 20.3 Å². The molecule has 3 aromatic heterocycles. The molecule has 0 aliphatic carbocycles. The second-order valence-corrected chi connectivity index (χ2v) is 6.45. The number of carbonyl (C=O) groups excluding carboxylic acids is 1. The Balaban J connectivity index is 1.65. The molecule has 9 heteroatoms. The number of carbonyl (C=O) groups is 1. The topological polar surface area (TPSA) is 87.9 Å². The molecule has 0 unspecified atom stereocenters. The van der Waals surface area contributed by atoms with Crippen molar-refractivity contribution < 1.29 is 18.1 Å². The van der Waals surface area contributed by atoms with Gasteiger partial charge in [0.2, 0.25) is 0 Å². The zero-order valence-corrected chi connectivity index (χ0v) is 14.1. The normalized spacial score (nSPS) is 18.0. The Bertz CT molecular complexity index is 938. The molecule has 136 valence electrons. The highest BCUT2D eigenvalue weighted by atomic mass is 19.3. The van der Waals surface area contributed by atoms with Crippen LogP contribution in [0, 0.1) is 6.92 Å². The van der Waals surface area contributed by atoms with Crippen molar-refractivity contribution in [2.75, 3.05) is 13.1 Å². The van der Waals surface area contributed by atoms with Gasteiger partial charge < -0.3 is 9.42 Å². The Morgan fingerprint density at radius 3 is 3.04 bits per heavy atom. The van der Waals surface area contributed by atoms with Crippen molar-refractivity contribution in [1.82, 2.24) is 25.2 Å². The third-order valence-electron chi connectivity index (χ3n) is 4.76. The summed E-state index contributed by atoms with van der Waals surface area (Å²) in [5.74, 6) is -0.291. The molecule has 26 heavy (non-hydrogen) atoms. The fourth-order valence-corrected chi connectivity index (χ4v) is 3.48. The third kappa shape index (κ3) is 2.83. The Kier molecular flexibility index (Phi) is 4.14. The van der Waals surface area contributed by atoms with Crippen LogP contribution in [0.15, 0.2) is 22.9 Å². The highest BCUT2D eigenvalue weighted by Gasteiger charge is 2.29. The number of halogens is 2. The number of H-pyrrole nitrogens is 1. The molecular formula is C17H17F2N5O2. The van der Waals surface area contributed by atoms with Crippen LogP contribution in [0.2, 0.25) is 0 Å². The van der Waals surface area contributed by atoms with Gasteiger partial charge in [-0.2, -0.15) is 5.10 Å². The summed E-state index contributed by atoms with van der Waals surface area (Å²) in [7, 11) is 0. The molecule has 1 aliphatic heterocycles. The SMILES string of the molecule is Cc1noc2nc([C@@H]3CCCN(C(=O)c4ccn[nH]4)C3)cc(C(F)F)c12. The predicted octanol–water partition coefficient (Wildman–Crippen LogP) is 3.21. The molecular weight excluding hydrogens is 344 g/mol. The van der Waals surface area contributed by atoms with Crippen LogP contribution in [0.1, 0.15) is 52.6 Å². The van der Waals surface area contributed by atoms with Gasteiger partial charge in [-0.3, -0.25) is 9.89 Å². The number of aromatic amines is 1. The number of hydrogen-bond donors (Lipinski definition) is 1. The molecule has 3 aromatic rings. The minimum Gasteiger partial charge on any atom is -0.337 e. The molecule has 0 spiro atoms. The summed E-state index contributed by atoms with van der Waals surface area (Å²) in [6, 6.07) is 3.04. The van der Waals surface area contributed by atoms with Crippen molar-refractivity contribution in [3.8, 4) is 0 Å². The number of likely N-dealkylation sites (tertiary alicyclic amines) is 1. The van der Waals surface area contributed by atoms with Crippen molar-refractivity contribution in [2.45, 2.75) is 32.1 Å². The Hall–Kier alpha value is -2.84. The van der Waals surface area contributed by atoms with Crippen LogP contribution in [0.3, 0.4) is 0 Å². The minimum atomic E-state index is -2.65. The molecule has 7 nitrogen and oxygen atoms in total.